The summed E-state index contributed by atoms with van der Waals surface area (Å²) < 4.78 is 5.75. The summed E-state index contributed by atoms with van der Waals surface area (Å²) in [6.07, 6.45) is 1.82. The maximum absolute atomic E-state index is 13.1. The van der Waals surface area contributed by atoms with Gasteiger partial charge in [0, 0.05) is 30.8 Å². The molecule has 0 bridgehead atoms. The Kier molecular flexibility index (Phi) is 7.08. The Bertz CT molecular complexity index is 1210. The van der Waals surface area contributed by atoms with Crippen LogP contribution < -0.4 is 10.2 Å². The summed E-state index contributed by atoms with van der Waals surface area (Å²) in [5.74, 6) is 4.19. The fourth-order valence-corrected chi connectivity index (χ4v) is 3.89. The summed E-state index contributed by atoms with van der Waals surface area (Å²) in [6, 6.07) is 7.50. The molecule has 0 saturated carbocycles. The van der Waals surface area contributed by atoms with Gasteiger partial charge in [-0.3, -0.25) is 29.4 Å². The van der Waals surface area contributed by atoms with Crippen LogP contribution in [0.3, 0.4) is 0 Å². The molecule has 0 radical (unpaired) electrons. The number of aromatic hydroxyl groups is 1. The quantitative estimate of drug-likeness (QED) is 0.355. The monoisotopic (exact) mass is 476 g/mol. The SMILES string of the molecule is Cc1ccc(N2CC(OCC#Cc3ccc(O)cn3)C2)cc1C(=O)N(C=O)C1CCC(=O)NC1=O. The molecule has 10 nitrogen and oxygen atoms in total. The number of aryl methyl sites for hydroxylation is 1. The number of hydrogen-bond acceptors (Lipinski definition) is 8. The maximum Gasteiger partial charge on any atom is 0.261 e. The molecule has 2 saturated heterocycles. The van der Waals surface area contributed by atoms with Crippen LogP contribution in [0.1, 0.15) is 34.5 Å². The molecule has 2 aliphatic rings. The maximum atomic E-state index is 13.1. The molecule has 2 fully saturated rings. The summed E-state index contributed by atoms with van der Waals surface area (Å²) >= 11 is 0. The van der Waals surface area contributed by atoms with Crippen molar-refractivity contribution in [2.45, 2.75) is 31.9 Å². The molecule has 1 aromatic heterocycles. The van der Waals surface area contributed by atoms with E-state index in [1.807, 2.05) is 11.0 Å². The van der Waals surface area contributed by atoms with Crippen molar-refractivity contribution in [1.82, 2.24) is 15.2 Å². The number of carbonyl (C=O) groups is 4. The first-order valence-electron chi connectivity index (χ1n) is 11.1. The van der Waals surface area contributed by atoms with Gasteiger partial charge >= 0.3 is 0 Å². The van der Waals surface area contributed by atoms with E-state index in [1.165, 1.54) is 12.3 Å². The normalized spacial score (nSPS) is 17.6. The van der Waals surface area contributed by atoms with Gasteiger partial charge in [-0.25, -0.2) is 4.98 Å². The largest absolute Gasteiger partial charge is 0.506 e. The highest BCUT2D eigenvalue weighted by Crippen LogP contribution is 2.26. The van der Waals surface area contributed by atoms with E-state index in [0.29, 0.717) is 36.3 Å². The predicted molar refractivity (Wildman–Crippen MR) is 124 cm³/mol. The second-order valence-electron chi connectivity index (χ2n) is 8.33. The number of hydrogen-bond donors (Lipinski definition) is 2. The van der Waals surface area contributed by atoms with Crippen LogP contribution in [0.25, 0.3) is 0 Å². The lowest BCUT2D eigenvalue weighted by Crippen LogP contribution is -2.54. The summed E-state index contributed by atoms with van der Waals surface area (Å²) in [7, 11) is 0. The smallest absolute Gasteiger partial charge is 0.261 e. The third-order valence-electron chi connectivity index (χ3n) is 5.91. The lowest BCUT2D eigenvalue weighted by atomic mass is 10.0. The van der Waals surface area contributed by atoms with Crippen LogP contribution in [-0.4, -0.2) is 71.0 Å². The molecule has 2 aliphatic heterocycles. The Hall–Kier alpha value is -4.23. The molecule has 0 spiro atoms. The lowest BCUT2D eigenvalue weighted by molar-refractivity contribution is -0.139. The van der Waals surface area contributed by atoms with E-state index >= 15 is 0 Å². The molecular weight excluding hydrogens is 452 g/mol. The van der Waals surface area contributed by atoms with Crippen LogP contribution in [0.15, 0.2) is 36.5 Å². The zero-order chi connectivity index (χ0) is 24.9. The van der Waals surface area contributed by atoms with Crippen molar-refractivity contribution >= 4 is 29.8 Å². The number of carbonyl (C=O) groups excluding carboxylic acids is 4. The lowest BCUT2D eigenvalue weighted by Gasteiger charge is -2.40. The summed E-state index contributed by atoms with van der Waals surface area (Å²) in [5, 5.41) is 11.4. The number of aromatic nitrogens is 1. The number of nitrogens with one attached hydrogen (secondary N) is 1. The number of ether oxygens (including phenoxy) is 1. The zero-order valence-electron chi connectivity index (χ0n) is 19.1. The van der Waals surface area contributed by atoms with E-state index in [1.54, 1.807) is 25.1 Å². The van der Waals surface area contributed by atoms with Crippen LogP contribution in [-0.2, 0) is 19.1 Å². The number of benzene rings is 1. The molecule has 4 amide bonds. The molecule has 0 aliphatic carbocycles. The molecular formula is C25H24N4O6. The Balaban J connectivity index is 1.35. The average Bonchev–Trinajstić information content (AvgIpc) is 2.81. The molecule has 1 aromatic carbocycles. The number of nitrogens with zero attached hydrogens (tertiary/aromatic N) is 3. The van der Waals surface area contributed by atoms with Crippen molar-refractivity contribution in [3.63, 3.8) is 0 Å². The van der Waals surface area contributed by atoms with Gasteiger partial charge < -0.3 is 14.7 Å². The number of pyridine rings is 1. The molecule has 35 heavy (non-hydrogen) atoms. The first-order valence-corrected chi connectivity index (χ1v) is 11.1. The first kappa shape index (κ1) is 23.9. The van der Waals surface area contributed by atoms with Crippen molar-refractivity contribution in [3.05, 3.63) is 53.3 Å². The first-order chi connectivity index (χ1) is 16.9. The molecule has 2 N–H and O–H groups in total. The Morgan fingerprint density at radius 2 is 2.11 bits per heavy atom. The molecule has 3 heterocycles. The summed E-state index contributed by atoms with van der Waals surface area (Å²) in [5.41, 5.74) is 2.33. The highest BCUT2D eigenvalue weighted by atomic mass is 16.5. The van der Waals surface area contributed by atoms with E-state index in [9.17, 15) is 24.3 Å². The molecule has 2 aromatic rings. The Morgan fingerprint density at radius 1 is 1.31 bits per heavy atom. The summed E-state index contributed by atoms with van der Waals surface area (Å²) in [4.78, 5) is 55.3. The standard InChI is InChI=1S/C25H24N4O6/c1-16-4-6-18(11-21(16)25(34)29(15-30)22-8-9-23(32)27-24(22)33)28-13-20(14-28)35-10-2-3-17-5-7-19(31)12-26-17/h4-7,11-12,15,20,22,31H,8-10,13-14H2,1H3,(H,27,32,33). The molecule has 10 heteroatoms. The molecule has 1 atom stereocenters. The highest BCUT2D eigenvalue weighted by molar-refractivity contribution is 6.07. The van der Waals surface area contributed by atoms with E-state index in [-0.39, 0.29) is 31.3 Å². The van der Waals surface area contributed by atoms with Gasteiger partial charge in [0.15, 0.2) is 0 Å². The van der Waals surface area contributed by atoms with E-state index < -0.39 is 23.8 Å². The number of piperidine rings is 1. The Morgan fingerprint density at radius 3 is 2.80 bits per heavy atom. The molecule has 180 valence electrons. The fraction of sp³-hybridized carbons (Fsp3) is 0.320. The van der Waals surface area contributed by atoms with Crippen LogP contribution in [0, 0.1) is 18.8 Å². The van der Waals surface area contributed by atoms with Gasteiger partial charge in [-0.15, -0.1) is 0 Å². The third kappa shape index (κ3) is 5.47. The van der Waals surface area contributed by atoms with Gasteiger partial charge in [0.25, 0.3) is 5.91 Å². The van der Waals surface area contributed by atoms with Gasteiger partial charge in [-0.2, -0.15) is 0 Å². The van der Waals surface area contributed by atoms with Crippen LogP contribution >= 0.6 is 0 Å². The van der Waals surface area contributed by atoms with Crippen molar-refractivity contribution in [2.75, 3.05) is 24.6 Å². The number of imide groups is 2. The van der Waals surface area contributed by atoms with Gasteiger partial charge in [-0.1, -0.05) is 12.0 Å². The van der Waals surface area contributed by atoms with Crippen LogP contribution in [0.2, 0.25) is 0 Å². The van der Waals surface area contributed by atoms with Crippen molar-refractivity contribution in [3.8, 4) is 17.6 Å². The average molecular weight is 476 g/mol. The fourth-order valence-electron chi connectivity index (χ4n) is 3.89. The number of anilines is 1. The predicted octanol–water partition coefficient (Wildman–Crippen LogP) is 0.756. The van der Waals surface area contributed by atoms with E-state index in [2.05, 4.69) is 22.1 Å². The number of rotatable bonds is 6. The molecule has 1 unspecified atom stereocenters. The summed E-state index contributed by atoms with van der Waals surface area (Å²) in [6.45, 7) is 3.22. The topological polar surface area (TPSA) is 129 Å². The van der Waals surface area contributed by atoms with Crippen molar-refractivity contribution in [1.29, 1.82) is 0 Å². The third-order valence-corrected chi connectivity index (χ3v) is 5.91. The second kappa shape index (κ2) is 10.4. The minimum Gasteiger partial charge on any atom is -0.506 e. The molecule has 4 rings (SSSR count). The van der Waals surface area contributed by atoms with Crippen molar-refractivity contribution in [2.24, 2.45) is 0 Å². The van der Waals surface area contributed by atoms with Crippen molar-refractivity contribution < 1.29 is 29.0 Å². The van der Waals surface area contributed by atoms with Gasteiger partial charge in [0.1, 0.15) is 24.1 Å². The Labute approximate surface area is 201 Å². The minimum absolute atomic E-state index is 0.0209. The van der Waals surface area contributed by atoms with E-state index in [0.717, 1.165) is 10.6 Å². The number of amides is 4. The van der Waals surface area contributed by atoms with E-state index in [4.69, 9.17) is 4.74 Å². The van der Waals surface area contributed by atoms with Crippen LogP contribution in [0.4, 0.5) is 5.69 Å². The van der Waals surface area contributed by atoms with Crippen LogP contribution in [0.5, 0.6) is 5.75 Å². The van der Waals surface area contributed by atoms with Gasteiger partial charge in [-0.05, 0) is 49.1 Å². The van der Waals surface area contributed by atoms with Gasteiger partial charge in [0.05, 0.1) is 12.3 Å². The van der Waals surface area contributed by atoms with Gasteiger partial charge in [0.2, 0.25) is 18.2 Å². The minimum atomic E-state index is -1.01. The highest BCUT2D eigenvalue weighted by Gasteiger charge is 2.35. The zero-order valence-corrected chi connectivity index (χ0v) is 19.1. The second-order valence-corrected chi connectivity index (χ2v) is 8.33.